The van der Waals surface area contributed by atoms with E-state index in [2.05, 4.69) is 10.2 Å². The monoisotopic (exact) mass is 335 g/mol. The lowest BCUT2D eigenvalue weighted by Gasteiger charge is -2.17. The third-order valence-corrected chi connectivity index (χ3v) is 3.71. The Labute approximate surface area is 137 Å². The van der Waals surface area contributed by atoms with Crippen LogP contribution in [0.5, 0.6) is 11.8 Å². The third kappa shape index (κ3) is 3.42. The molecule has 126 valence electrons. The number of ether oxygens (including phenoxy) is 2. The Morgan fingerprint density at radius 3 is 2.58 bits per heavy atom. The van der Waals surface area contributed by atoms with Gasteiger partial charge in [0.15, 0.2) is 11.6 Å². The smallest absolute Gasteiger partial charge is 0.254 e. The van der Waals surface area contributed by atoms with E-state index in [1.807, 2.05) is 0 Å². The van der Waals surface area contributed by atoms with Gasteiger partial charge >= 0.3 is 0 Å². The van der Waals surface area contributed by atoms with E-state index in [9.17, 15) is 13.6 Å². The summed E-state index contributed by atoms with van der Waals surface area (Å²) in [5, 5.41) is 7.67. The van der Waals surface area contributed by atoms with E-state index >= 15 is 0 Å². The van der Waals surface area contributed by atoms with Gasteiger partial charge in [-0.3, -0.25) is 4.79 Å². The van der Waals surface area contributed by atoms with Crippen LogP contribution in [0.25, 0.3) is 0 Å². The Morgan fingerprint density at radius 2 is 1.92 bits per heavy atom. The van der Waals surface area contributed by atoms with Gasteiger partial charge in [-0.1, -0.05) is 0 Å². The Balaban J connectivity index is 1.61. The molecule has 24 heavy (non-hydrogen) atoms. The fourth-order valence-corrected chi connectivity index (χ4v) is 2.47. The number of carbonyl (C=O) groups is 1. The van der Waals surface area contributed by atoms with E-state index < -0.39 is 11.6 Å². The van der Waals surface area contributed by atoms with Crippen LogP contribution in [-0.4, -0.2) is 47.3 Å². The maximum atomic E-state index is 13.3. The SMILES string of the molecule is COc1ccc(OC2CCN(C(=O)c3ccc(F)c(F)c3)C2)nn1. The number of rotatable bonds is 4. The van der Waals surface area contributed by atoms with E-state index in [-0.39, 0.29) is 17.6 Å². The van der Waals surface area contributed by atoms with Crippen LogP contribution < -0.4 is 9.47 Å². The number of methoxy groups -OCH3 is 1. The molecule has 1 aromatic carbocycles. The van der Waals surface area contributed by atoms with Crippen LogP contribution >= 0.6 is 0 Å². The number of likely N-dealkylation sites (tertiary alicyclic amines) is 1. The quantitative estimate of drug-likeness (QED) is 0.856. The Kier molecular flexibility index (Phi) is 4.54. The molecule has 1 aliphatic rings. The Hall–Kier alpha value is -2.77. The topological polar surface area (TPSA) is 64.6 Å². The van der Waals surface area contributed by atoms with E-state index in [0.717, 1.165) is 12.1 Å². The summed E-state index contributed by atoms with van der Waals surface area (Å²) in [4.78, 5) is 13.9. The predicted octanol–water partition coefficient (Wildman–Crippen LogP) is 2.06. The number of aromatic nitrogens is 2. The lowest BCUT2D eigenvalue weighted by atomic mass is 10.2. The zero-order chi connectivity index (χ0) is 17.1. The van der Waals surface area contributed by atoms with Crippen molar-refractivity contribution in [3.05, 3.63) is 47.5 Å². The molecule has 3 rings (SSSR count). The second-order valence-corrected chi connectivity index (χ2v) is 5.32. The molecule has 2 aromatic rings. The van der Waals surface area contributed by atoms with E-state index in [0.29, 0.717) is 31.3 Å². The van der Waals surface area contributed by atoms with Crippen LogP contribution in [-0.2, 0) is 0 Å². The van der Waals surface area contributed by atoms with Gasteiger partial charge in [-0.2, -0.15) is 0 Å². The van der Waals surface area contributed by atoms with E-state index in [1.165, 1.54) is 18.1 Å². The number of amides is 1. The molecule has 0 radical (unpaired) electrons. The van der Waals surface area contributed by atoms with Gasteiger partial charge in [-0.15, -0.1) is 10.2 Å². The lowest BCUT2D eigenvalue weighted by molar-refractivity contribution is 0.0770. The van der Waals surface area contributed by atoms with Crippen LogP contribution in [0, 0.1) is 11.6 Å². The molecular weight excluding hydrogens is 320 g/mol. The summed E-state index contributed by atoms with van der Waals surface area (Å²) < 4.78 is 36.8. The standard InChI is InChI=1S/C16H15F2N3O3/c1-23-14-4-5-15(20-19-14)24-11-6-7-21(9-11)16(22)10-2-3-12(17)13(18)8-10/h2-5,8,11H,6-7,9H2,1H3. The number of benzene rings is 1. The van der Waals surface area contributed by atoms with Crippen LogP contribution in [0.15, 0.2) is 30.3 Å². The summed E-state index contributed by atoms with van der Waals surface area (Å²) in [5.41, 5.74) is 0.110. The molecular formula is C16H15F2N3O3. The van der Waals surface area contributed by atoms with Crippen molar-refractivity contribution in [1.29, 1.82) is 0 Å². The molecule has 0 spiro atoms. The van der Waals surface area contributed by atoms with Gasteiger partial charge in [0.2, 0.25) is 11.8 Å². The zero-order valence-electron chi connectivity index (χ0n) is 12.9. The van der Waals surface area contributed by atoms with Crippen molar-refractivity contribution < 1.29 is 23.0 Å². The van der Waals surface area contributed by atoms with Gasteiger partial charge in [0.05, 0.1) is 13.7 Å². The highest BCUT2D eigenvalue weighted by Crippen LogP contribution is 2.20. The average Bonchev–Trinajstić information content (AvgIpc) is 3.06. The molecule has 1 atom stereocenters. The minimum atomic E-state index is -1.04. The summed E-state index contributed by atoms with van der Waals surface area (Å²) in [6, 6.07) is 6.37. The predicted molar refractivity (Wildman–Crippen MR) is 79.9 cm³/mol. The van der Waals surface area contributed by atoms with Gasteiger partial charge in [0, 0.05) is 30.7 Å². The zero-order valence-corrected chi connectivity index (χ0v) is 12.9. The van der Waals surface area contributed by atoms with Gasteiger partial charge in [0.1, 0.15) is 6.10 Å². The molecule has 1 unspecified atom stereocenters. The average molecular weight is 335 g/mol. The van der Waals surface area contributed by atoms with E-state index in [1.54, 1.807) is 12.1 Å². The molecule has 1 saturated heterocycles. The first kappa shape index (κ1) is 16.1. The van der Waals surface area contributed by atoms with Crippen LogP contribution in [0.2, 0.25) is 0 Å². The molecule has 6 nitrogen and oxygen atoms in total. The van der Waals surface area contributed by atoms with Gasteiger partial charge < -0.3 is 14.4 Å². The highest BCUT2D eigenvalue weighted by Gasteiger charge is 2.29. The maximum absolute atomic E-state index is 13.3. The van der Waals surface area contributed by atoms with Crippen LogP contribution in [0.3, 0.4) is 0 Å². The first-order chi connectivity index (χ1) is 11.6. The van der Waals surface area contributed by atoms with Crippen molar-refractivity contribution in [1.82, 2.24) is 15.1 Å². The summed E-state index contributed by atoms with van der Waals surface area (Å²) in [6.45, 7) is 0.803. The number of nitrogens with zero attached hydrogens (tertiary/aromatic N) is 3. The third-order valence-electron chi connectivity index (χ3n) is 3.71. The minimum absolute atomic E-state index is 0.110. The molecule has 1 amide bonds. The second kappa shape index (κ2) is 6.77. The number of hydrogen-bond acceptors (Lipinski definition) is 5. The molecule has 1 fully saturated rings. The Morgan fingerprint density at radius 1 is 1.17 bits per heavy atom. The fourth-order valence-electron chi connectivity index (χ4n) is 2.47. The number of carbonyl (C=O) groups excluding carboxylic acids is 1. The van der Waals surface area contributed by atoms with Crippen LogP contribution in [0.4, 0.5) is 8.78 Å². The van der Waals surface area contributed by atoms with Crippen LogP contribution in [0.1, 0.15) is 16.8 Å². The van der Waals surface area contributed by atoms with Gasteiger partial charge in [-0.25, -0.2) is 8.78 Å². The van der Waals surface area contributed by atoms with Crippen molar-refractivity contribution in [3.63, 3.8) is 0 Å². The largest absolute Gasteiger partial charge is 0.480 e. The molecule has 0 aliphatic carbocycles. The first-order valence-electron chi connectivity index (χ1n) is 7.35. The molecule has 8 heteroatoms. The van der Waals surface area contributed by atoms with Crippen molar-refractivity contribution in [2.24, 2.45) is 0 Å². The second-order valence-electron chi connectivity index (χ2n) is 5.32. The normalized spacial score (nSPS) is 17.0. The molecule has 0 N–H and O–H groups in total. The molecule has 2 heterocycles. The summed E-state index contributed by atoms with van der Waals surface area (Å²) in [7, 11) is 1.49. The summed E-state index contributed by atoms with van der Waals surface area (Å²) in [6.07, 6.45) is 0.380. The highest BCUT2D eigenvalue weighted by molar-refractivity contribution is 5.94. The summed E-state index contributed by atoms with van der Waals surface area (Å²) >= 11 is 0. The van der Waals surface area contributed by atoms with Gasteiger partial charge in [0.25, 0.3) is 5.91 Å². The number of hydrogen-bond donors (Lipinski definition) is 0. The maximum Gasteiger partial charge on any atom is 0.254 e. The molecule has 1 aromatic heterocycles. The molecule has 1 aliphatic heterocycles. The molecule has 0 bridgehead atoms. The van der Waals surface area contributed by atoms with Crippen molar-refractivity contribution in [2.45, 2.75) is 12.5 Å². The summed E-state index contributed by atoms with van der Waals surface area (Å²) in [5.74, 6) is -1.67. The van der Waals surface area contributed by atoms with E-state index in [4.69, 9.17) is 9.47 Å². The first-order valence-corrected chi connectivity index (χ1v) is 7.35. The fraction of sp³-hybridized carbons (Fsp3) is 0.312. The highest BCUT2D eigenvalue weighted by atomic mass is 19.2. The Bertz CT molecular complexity index is 740. The van der Waals surface area contributed by atoms with Crippen molar-refractivity contribution in [2.75, 3.05) is 20.2 Å². The number of halogens is 2. The lowest BCUT2D eigenvalue weighted by Crippen LogP contribution is -2.31. The van der Waals surface area contributed by atoms with Crippen molar-refractivity contribution in [3.8, 4) is 11.8 Å². The minimum Gasteiger partial charge on any atom is -0.480 e. The van der Waals surface area contributed by atoms with Gasteiger partial charge in [-0.05, 0) is 18.2 Å². The van der Waals surface area contributed by atoms with Crippen molar-refractivity contribution >= 4 is 5.91 Å². The molecule has 0 saturated carbocycles.